The van der Waals surface area contributed by atoms with Gasteiger partial charge in [0.15, 0.2) is 11.3 Å². The zero-order valence-corrected chi connectivity index (χ0v) is 23.3. The van der Waals surface area contributed by atoms with Crippen molar-refractivity contribution < 1.29 is 40.8 Å². The quantitative estimate of drug-likeness (QED) is 0.110. The zero-order valence-electron chi connectivity index (χ0n) is 23.3. The van der Waals surface area contributed by atoms with Crippen LogP contribution in [0.15, 0.2) is 79.0 Å². The lowest BCUT2D eigenvalue weighted by atomic mass is 10.0. The van der Waals surface area contributed by atoms with Crippen molar-refractivity contribution in [2.24, 2.45) is 0 Å². The van der Waals surface area contributed by atoms with Crippen LogP contribution in [0.25, 0.3) is 16.9 Å². The molecule has 5 aromatic rings. The lowest BCUT2D eigenvalue weighted by molar-refractivity contribution is -0.384. The third kappa shape index (κ3) is 6.71. The van der Waals surface area contributed by atoms with Gasteiger partial charge in [0.25, 0.3) is 11.6 Å². The first-order valence-corrected chi connectivity index (χ1v) is 13.1. The summed E-state index contributed by atoms with van der Waals surface area (Å²) in [5, 5.41) is 17.6. The van der Waals surface area contributed by atoms with E-state index in [-0.39, 0.29) is 34.4 Å². The van der Waals surface area contributed by atoms with Crippen LogP contribution in [-0.2, 0) is 12.4 Å². The van der Waals surface area contributed by atoms with E-state index in [1.807, 2.05) is 13.8 Å². The fourth-order valence-electron chi connectivity index (χ4n) is 4.40. The van der Waals surface area contributed by atoms with E-state index < -0.39 is 45.8 Å². The van der Waals surface area contributed by atoms with Crippen molar-refractivity contribution in [2.45, 2.75) is 32.1 Å². The molecule has 2 heterocycles. The minimum atomic E-state index is -4.87. The van der Waals surface area contributed by atoms with Gasteiger partial charge in [0, 0.05) is 17.7 Å². The summed E-state index contributed by atoms with van der Waals surface area (Å²) in [4.78, 5) is 28.3. The molecule has 0 radical (unpaired) electrons. The van der Waals surface area contributed by atoms with Gasteiger partial charge in [-0.15, -0.1) is 0 Å². The van der Waals surface area contributed by atoms with Crippen molar-refractivity contribution in [3.8, 4) is 22.8 Å². The second-order valence-corrected chi connectivity index (χ2v) is 10.1. The van der Waals surface area contributed by atoms with E-state index in [0.717, 1.165) is 48.2 Å². The number of amides is 1. The van der Waals surface area contributed by atoms with E-state index in [2.05, 4.69) is 15.4 Å². The van der Waals surface area contributed by atoms with Crippen molar-refractivity contribution in [1.29, 1.82) is 0 Å². The summed E-state index contributed by atoms with van der Waals surface area (Å²) in [6, 6.07) is 14.3. The van der Waals surface area contributed by atoms with E-state index >= 15 is 0 Å². The molecule has 1 N–H and O–H groups in total. The Bertz CT molecular complexity index is 1920. The van der Waals surface area contributed by atoms with Crippen molar-refractivity contribution in [3.05, 3.63) is 111 Å². The highest BCUT2D eigenvalue weighted by molar-refractivity contribution is 6.08. The van der Waals surface area contributed by atoms with Gasteiger partial charge < -0.3 is 10.1 Å². The molecule has 3 aromatic carbocycles. The number of nitro groups is 1. The maximum absolute atomic E-state index is 14.0. The number of nitro benzene ring substituents is 1. The van der Waals surface area contributed by atoms with E-state index in [9.17, 15) is 41.3 Å². The Morgan fingerprint density at radius 2 is 1.64 bits per heavy atom. The molecule has 0 aliphatic heterocycles. The number of nitrogens with zero attached hydrogens (tertiary/aromatic N) is 4. The largest absolute Gasteiger partial charge is 0.457 e. The van der Waals surface area contributed by atoms with Gasteiger partial charge in [-0.2, -0.15) is 31.4 Å². The molecule has 9 nitrogen and oxygen atoms in total. The third-order valence-electron chi connectivity index (χ3n) is 6.64. The fourth-order valence-corrected chi connectivity index (χ4v) is 4.40. The number of fused-ring (bicyclic) bond motifs is 1. The molecule has 15 heteroatoms. The number of alkyl halides is 6. The van der Waals surface area contributed by atoms with Crippen molar-refractivity contribution >= 4 is 22.9 Å². The molecule has 1 amide bonds. The molecule has 0 unspecified atom stereocenters. The van der Waals surface area contributed by atoms with Crippen LogP contribution in [0.3, 0.4) is 0 Å². The number of carbonyl (C=O) groups is 1. The average Bonchev–Trinajstić information content (AvgIpc) is 3.40. The second-order valence-electron chi connectivity index (χ2n) is 10.1. The average molecular weight is 630 g/mol. The molecule has 0 saturated heterocycles. The lowest BCUT2D eigenvalue weighted by Gasteiger charge is -2.13. The standard InChI is InChI=1S/C30H21F6N5O4/c1-16(2)17-6-8-18(9-7-17)25-14-26(30(34,35)36)40-27(39-25)24(15-37-40)28(42)38-20-11-21(41(43)44)13-23(12-20)45-22-5-3-4-19(10-22)29(31,32)33/h3-16H,1-2H3,(H,38,42). The topological polar surface area (TPSA) is 112 Å². The van der Waals surface area contributed by atoms with Gasteiger partial charge in [-0.25, -0.2) is 9.50 Å². The molecule has 2 aromatic heterocycles. The summed E-state index contributed by atoms with van der Waals surface area (Å²) >= 11 is 0. The van der Waals surface area contributed by atoms with Crippen LogP contribution in [0, 0.1) is 10.1 Å². The monoisotopic (exact) mass is 629 g/mol. The third-order valence-corrected chi connectivity index (χ3v) is 6.64. The normalized spacial score (nSPS) is 12.0. The minimum Gasteiger partial charge on any atom is -0.457 e. The Morgan fingerprint density at radius 3 is 2.27 bits per heavy atom. The predicted molar refractivity (Wildman–Crippen MR) is 150 cm³/mol. The van der Waals surface area contributed by atoms with Gasteiger partial charge in [0.05, 0.1) is 34.1 Å². The van der Waals surface area contributed by atoms with Gasteiger partial charge >= 0.3 is 12.4 Å². The Balaban J connectivity index is 1.52. The highest BCUT2D eigenvalue weighted by Crippen LogP contribution is 2.36. The zero-order chi connectivity index (χ0) is 32.7. The molecule has 0 aliphatic carbocycles. The van der Waals surface area contributed by atoms with Gasteiger partial charge in [0.2, 0.25) is 0 Å². The number of nitrogens with one attached hydrogen (secondary N) is 1. The molecular weight excluding hydrogens is 608 g/mol. The van der Waals surface area contributed by atoms with Crippen LogP contribution in [0.4, 0.5) is 37.7 Å². The molecule has 5 rings (SSSR count). The molecular formula is C30H21F6N5O4. The highest BCUT2D eigenvalue weighted by Gasteiger charge is 2.36. The first-order chi connectivity index (χ1) is 21.1. The number of hydrogen-bond acceptors (Lipinski definition) is 6. The molecule has 232 valence electrons. The van der Waals surface area contributed by atoms with Crippen LogP contribution in [0.1, 0.15) is 46.9 Å². The summed E-state index contributed by atoms with van der Waals surface area (Å²) < 4.78 is 87.4. The van der Waals surface area contributed by atoms with Crippen LogP contribution >= 0.6 is 0 Å². The fraction of sp³-hybridized carbons (Fsp3) is 0.167. The maximum atomic E-state index is 14.0. The van der Waals surface area contributed by atoms with Crippen molar-refractivity contribution in [2.75, 3.05) is 5.32 Å². The summed E-state index contributed by atoms with van der Waals surface area (Å²) in [5.41, 5.74) is -2.61. The molecule has 0 aliphatic rings. The van der Waals surface area contributed by atoms with Gasteiger partial charge in [0.1, 0.15) is 17.1 Å². The number of halogens is 6. The Hall–Kier alpha value is -5.47. The van der Waals surface area contributed by atoms with E-state index in [1.54, 1.807) is 24.3 Å². The van der Waals surface area contributed by atoms with Gasteiger partial charge in [-0.05, 0) is 35.7 Å². The summed E-state index contributed by atoms with van der Waals surface area (Å²) in [6.07, 6.45) is -8.67. The van der Waals surface area contributed by atoms with Crippen molar-refractivity contribution in [1.82, 2.24) is 14.6 Å². The Kier molecular flexibility index (Phi) is 7.95. The number of non-ortho nitro benzene ring substituents is 1. The Morgan fingerprint density at radius 1 is 0.933 bits per heavy atom. The number of ether oxygens (including phenoxy) is 1. The molecule has 0 fully saturated rings. The second kappa shape index (κ2) is 11.6. The van der Waals surface area contributed by atoms with Crippen LogP contribution in [0.2, 0.25) is 0 Å². The number of rotatable bonds is 7. The van der Waals surface area contributed by atoms with Crippen LogP contribution < -0.4 is 10.1 Å². The minimum absolute atomic E-state index is 0.0770. The number of hydrogen-bond donors (Lipinski definition) is 1. The Labute approximate surface area is 250 Å². The predicted octanol–water partition coefficient (Wildman–Crippen LogP) is 8.51. The summed E-state index contributed by atoms with van der Waals surface area (Å²) in [6.45, 7) is 3.92. The summed E-state index contributed by atoms with van der Waals surface area (Å²) in [5.74, 6) is -1.41. The first-order valence-electron chi connectivity index (χ1n) is 13.1. The smallest absolute Gasteiger partial charge is 0.433 e. The van der Waals surface area contributed by atoms with E-state index in [0.29, 0.717) is 16.1 Å². The summed E-state index contributed by atoms with van der Waals surface area (Å²) in [7, 11) is 0. The number of benzene rings is 3. The van der Waals surface area contributed by atoms with Crippen LogP contribution in [-0.4, -0.2) is 25.4 Å². The van der Waals surface area contributed by atoms with E-state index in [1.165, 1.54) is 6.07 Å². The molecule has 0 spiro atoms. The molecule has 0 saturated carbocycles. The number of carbonyl (C=O) groups excluding carboxylic acids is 1. The molecule has 45 heavy (non-hydrogen) atoms. The lowest BCUT2D eigenvalue weighted by Crippen LogP contribution is -2.16. The van der Waals surface area contributed by atoms with E-state index in [4.69, 9.17) is 4.74 Å². The first kappa shape index (κ1) is 31.0. The highest BCUT2D eigenvalue weighted by atomic mass is 19.4. The van der Waals surface area contributed by atoms with Gasteiger partial charge in [-0.1, -0.05) is 44.2 Å². The SMILES string of the molecule is CC(C)c1ccc(-c2cc(C(F)(F)F)n3ncc(C(=O)Nc4cc(Oc5cccc(C(F)(F)F)c5)cc([N+](=O)[O-])c4)c3n2)cc1. The number of aromatic nitrogens is 3. The molecule has 0 bridgehead atoms. The molecule has 0 atom stereocenters. The van der Waals surface area contributed by atoms with Crippen LogP contribution in [0.5, 0.6) is 11.5 Å². The number of anilines is 1. The van der Waals surface area contributed by atoms with Gasteiger partial charge in [-0.3, -0.25) is 14.9 Å². The maximum Gasteiger partial charge on any atom is 0.433 e. The van der Waals surface area contributed by atoms with Crippen molar-refractivity contribution in [3.63, 3.8) is 0 Å².